The maximum absolute atomic E-state index is 12.4. The van der Waals surface area contributed by atoms with E-state index in [9.17, 15) is 34.9 Å². The Morgan fingerprint density at radius 2 is 1.51 bits per heavy atom. The number of azo groups is 1. The van der Waals surface area contributed by atoms with Crippen molar-refractivity contribution in [2.75, 3.05) is 5.48 Å². The summed E-state index contributed by atoms with van der Waals surface area (Å²) in [7, 11) is 0. The molecule has 13 nitrogen and oxygen atoms in total. The molecule has 0 atom stereocenters. The normalized spacial score (nSPS) is 10.8. The Morgan fingerprint density at radius 3 is 2.16 bits per heavy atom. The number of carbonyl (C=O) groups excluding carboxylic acids is 2. The number of hydrogen-bond donors (Lipinski definition) is 2. The van der Waals surface area contributed by atoms with Crippen LogP contribution in [0.3, 0.4) is 0 Å². The zero-order valence-electron chi connectivity index (χ0n) is 18.6. The summed E-state index contributed by atoms with van der Waals surface area (Å²) < 4.78 is 0. The highest BCUT2D eigenvalue weighted by Crippen LogP contribution is 2.27. The van der Waals surface area contributed by atoms with Gasteiger partial charge in [0.25, 0.3) is 17.3 Å². The first-order chi connectivity index (χ1) is 17.7. The molecular formula is C24H15N5O8. The number of phenols is 1. The number of hydrogen-bond acceptors (Lipinski definition) is 10. The van der Waals surface area contributed by atoms with E-state index in [0.29, 0.717) is 6.07 Å². The Bertz CT molecular complexity index is 1580. The summed E-state index contributed by atoms with van der Waals surface area (Å²) >= 11 is 0. The standard InChI is InChI=1S/C24H15N5O8/c30-22-12-15-4-2-1-3-14(15)11-20(22)23(31)26-25-16-5-7-17(8-6-16)27-37-24(32)19-10-9-18(28(33)34)13-21(19)29(35)36/h1-13,27,30H. The monoisotopic (exact) mass is 501 g/mol. The van der Waals surface area contributed by atoms with Crippen molar-refractivity contribution in [2.45, 2.75) is 0 Å². The fourth-order valence-electron chi connectivity index (χ4n) is 3.27. The summed E-state index contributed by atoms with van der Waals surface area (Å²) in [5.41, 5.74) is 1.03. The predicted molar refractivity (Wildman–Crippen MR) is 130 cm³/mol. The minimum absolute atomic E-state index is 0.00649. The van der Waals surface area contributed by atoms with Gasteiger partial charge in [-0.2, -0.15) is 0 Å². The van der Waals surface area contributed by atoms with Crippen LogP contribution >= 0.6 is 0 Å². The van der Waals surface area contributed by atoms with Gasteiger partial charge in [0.2, 0.25) is 0 Å². The third kappa shape index (κ3) is 5.51. The van der Waals surface area contributed by atoms with Gasteiger partial charge in [0.15, 0.2) is 0 Å². The number of amides is 1. The number of carbonyl (C=O) groups is 2. The smallest absolute Gasteiger partial charge is 0.369 e. The van der Waals surface area contributed by atoms with Gasteiger partial charge in [0.1, 0.15) is 11.3 Å². The highest BCUT2D eigenvalue weighted by molar-refractivity contribution is 6.01. The van der Waals surface area contributed by atoms with Crippen LogP contribution in [0.5, 0.6) is 5.75 Å². The number of non-ortho nitro benzene ring substituents is 1. The Hall–Kier alpha value is -5.72. The quantitative estimate of drug-likeness (QED) is 0.188. The molecule has 37 heavy (non-hydrogen) atoms. The fraction of sp³-hybridized carbons (Fsp3) is 0. The Morgan fingerprint density at radius 1 is 0.838 bits per heavy atom. The van der Waals surface area contributed by atoms with Gasteiger partial charge in [0, 0.05) is 6.07 Å². The molecule has 1 amide bonds. The fourth-order valence-corrected chi connectivity index (χ4v) is 3.27. The van der Waals surface area contributed by atoms with Crippen LogP contribution in [0.25, 0.3) is 10.8 Å². The van der Waals surface area contributed by atoms with E-state index in [1.807, 2.05) is 6.07 Å². The lowest BCUT2D eigenvalue weighted by atomic mass is 10.1. The van der Waals surface area contributed by atoms with E-state index >= 15 is 0 Å². The first-order valence-corrected chi connectivity index (χ1v) is 10.4. The van der Waals surface area contributed by atoms with Crippen molar-refractivity contribution >= 4 is 45.4 Å². The average Bonchev–Trinajstić information content (AvgIpc) is 2.90. The molecule has 0 fully saturated rings. The molecule has 0 radical (unpaired) electrons. The lowest BCUT2D eigenvalue weighted by molar-refractivity contribution is -0.394. The maximum Gasteiger partial charge on any atom is 0.369 e. The van der Waals surface area contributed by atoms with E-state index in [2.05, 4.69) is 15.7 Å². The zero-order valence-corrected chi connectivity index (χ0v) is 18.6. The van der Waals surface area contributed by atoms with E-state index in [0.717, 1.165) is 22.9 Å². The van der Waals surface area contributed by atoms with E-state index in [1.54, 1.807) is 18.2 Å². The number of aromatic hydroxyl groups is 1. The molecule has 0 spiro atoms. The second-order valence-corrected chi connectivity index (χ2v) is 7.48. The van der Waals surface area contributed by atoms with Crippen molar-refractivity contribution in [3.8, 4) is 5.75 Å². The third-order valence-electron chi connectivity index (χ3n) is 5.09. The number of nitrogens with zero attached hydrogens (tertiary/aromatic N) is 4. The number of nitro groups is 2. The van der Waals surface area contributed by atoms with Gasteiger partial charge >= 0.3 is 5.97 Å². The van der Waals surface area contributed by atoms with Gasteiger partial charge in [-0.25, -0.2) is 10.3 Å². The number of nitrogens with one attached hydrogen (secondary N) is 1. The van der Waals surface area contributed by atoms with Crippen LogP contribution in [0.15, 0.2) is 89.1 Å². The first-order valence-electron chi connectivity index (χ1n) is 10.4. The number of fused-ring (bicyclic) bond motifs is 1. The molecule has 13 heteroatoms. The summed E-state index contributed by atoms with van der Waals surface area (Å²) in [6.45, 7) is 0. The van der Waals surface area contributed by atoms with Crippen molar-refractivity contribution in [3.63, 3.8) is 0 Å². The zero-order chi connectivity index (χ0) is 26.5. The largest absolute Gasteiger partial charge is 0.507 e. The summed E-state index contributed by atoms with van der Waals surface area (Å²) in [5, 5.41) is 41.1. The number of benzene rings is 4. The first kappa shape index (κ1) is 24.4. The molecular weight excluding hydrogens is 486 g/mol. The Kier molecular flexibility index (Phi) is 6.77. The Balaban J connectivity index is 1.41. The number of nitro benzene ring substituents is 2. The van der Waals surface area contributed by atoms with E-state index < -0.39 is 38.7 Å². The van der Waals surface area contributed by atoms with E-state index in [-0.39, 0.29) is 22.7 Å². The predicted octanol–water partition coefficient (Wildman–Crippen LogP) is 5.47. The molecule has 0 aliphatic carbocycles. The topological polar surface area (TPSA) is 187 Å². The van der Waals surface area contributed by atoms with E-state index in [4.69, 9.17) is 4.84 Å². The van der Waals surface area contributed by atoms with Gasteiger partial charge in [-0.1, -0.05) is 24.3 Å². The Labute approximate surface area is 206 Å². The lowest BCUT2D eigenvalue weighted by Crippen LogP contribution is -2.12. The minimum Gasteiger partial charge on any atom is -0.507 e. The molecule has 0 heterocycles. The molecule has 0 saturated heterocycles. The molecule has 0 unspecified atom stereocenters. The van der Waals surface area contributed by atoms with Gasteiger partial charge < -0.3 is 9.94 Å². The van der Waals surface area contributed by atoms with Gasteiger partial charge in [-0.15, -0.1) is 10.2 Å². The molecule has 184 valence electrons. The molecule has 0 aromatic heterocycles. The van der Waals surface area contributed by atoms with Crippen LogP contribution in [-0.4, -0.2) is 26.8 Å². The van der Waals surface area contributed by atoms with Crippen molar-refractivity contribution in [3.05, 3.63) is 110 Å². The van der Waals surface area contributed by atoms with Crippen LogP contribution in [0.4, 0.5) is 22.7 Å². The molecule has 4 aromatic carbocycles. The summed E-state index contributed by atoms with van der Waals surface area (Å²) in [6.07, 6.45) is 0. The third-order valence-corrected chi connectivity index (χ3v) is 5.09. The van der Waals surface area contributed by atoms with Crippen LogP contribution in [0.1, 0.15) is 20.7 Å². The summed E-state index contributed by atoms with van der Waals surface area (Å²) in [5.74, 6) is -2.10. The molecule has 2 N–H and O–H groups in total. The number of anilines is 1. The molecule has 0 aliphatic heterocycles. The SMILES string of the molecule is O=C(N=Nc1ccc(NOC(=O)c2ccc([N+](=O)[O-])cc2[N+](=O)[O-])cc1)c1cc2ccccc2cc1O. The number of phenolic OH excluding ortho intramolecular Hbond substituents is 1. The summed E-state index contributed by atoms with van der Waals surface area (Å²) in [4.78, 5) is 49.8. The van der Waals surface area contributed by atoms with Gasteiger partial charge in [-0.3, -0.25) is 25.0 Å². The second kappa shape index (κ2) is 10.3. The highest BCUT2D eigenvalue weighted by Gasteiger charge is 2.25. The van der Waals surface area contributed by atoms with Crippen LogP contribution < -0.4 is 5.48 Å². The van der Waals surface area contributed by atoms with Crippen molar-refractivity contribution in [1.29, 1.82) is 0 Å². The van der Waals surface area contributed by atoms with Crippen LogP contribution in [0.2, 0.25) is 0 Å². The lowest BCUT2D eigenvalue weighted by Gasteiger charge is -2.07. The molecule has 4 rings (SSSR count). The minimum atomic E-state index is -1.13. The molecule has 4 aromatic rings. The summed E-state index contributed by atoms with van der Waals surface area (Å²) in [6, 6.07) is 18.5. The van der Waals surface area contributed by atoms with Gasteiger partial charge in [0.05, 0.1) is 32.9 Å². The highest BCUT2D eigenvalue weighted by atomic mass is 16.7. The van der Waals surface area contributed by atoms with Crippen molar-refractivity contribution in [1.82, 2.24) is 0 Å². The van der Waals surface area contributed by atoms with Crippen LogP contribution in [0, 0.1) is 20.2 Å². The second-order valence-electron chi connectivity index (χ2n) is 7.48. The van der Waals surface area contributed by atoms with Crippen molar-refractivity contribution in [2.24, 2.45) is 10.2 Å². The van der Waals surface area contributed by atoms with Crippen LogP contribution in [-0.2, 0) is 4.84 Å². The molecule has 0 bridgehead atoms. The maximum atomic E-state index is 12.4. The molecule has 0 aliphatic rings. The average molecular weight is 501 g/mol. The number of rotatable bonds is 7. The molecule has 0 saturated carbocycles. The van der Waals surface area contributed by atoms with Gasteiger partial charge in [-0.05, 0) is 53.2 Å². The van der Waals surface area contributed by atoms with Crippen molar-refractivity contribution < 1.29 is 29.4 Å². The van der Waals surface area contributed by atoms with E-state index in [1.165, 1.54) is 36.4 Å².